The number of benzene rings is 1. The van der Waals surface area contributed by atoms with E-state index in [-0.39, 0.29) is 17.2 Å². The summed E-state index contributed by atoms with van der Waals surface area (Å²) < 4.78 is 40.2. The molecule has 0 spiro atoms. The van der Waals surface area contributed by atoms with E-state index in [0.29, 0.717) is 6.54 Å². The smallest absolute Gasteiger partial charge is 0.406 e. The Morgan fingerprint density at radius 2 is 1.78 bits per heavy atom. The van der Waals surface area contributed by atoms with Crippen LogP contribution in [-0.2, 0) is 11.3 Å². The summed E-state index contributed by atoms with van der Waals surface area (Å²) in [6.45, 7) is 2.24. The Morgan fingerprint density at radius 1 is 1.17 bits per heavy atom. The molecule has 2 saturated heterocycles. The molecule has 0 bridgehead atoms. The van der Waals surface area contributed by atoms with Crippen molar-refractivity contribution in [1.82, 2.24) is 10.2 Å². The molecule has 1 N–H and O–H groups in total. The molecule has 1 aromatic carbocycles. The third-order valence-electron chi connectivity index (χ3n) is 4.67. The number of alkyl halides is 3. The average Bonchev–Trinajstić information content (AvgIpc) is 3.05. The minimum absolute atomic E-state index is 0.0307. The first-order chi connectivity index (χ1) is 10.9. The van der Waals surface area contributed by atoms with Gasteiger partial charge in [0.25, 0.3) is 0 Å². The lowest BCUT2D eigenvalue weighted by atomic mass is 9.93. The highest BCUT2D eigenvalue weighted by molar-refractivity contribution is 5.87. The lowest BCUT2D eigenvalue weighted by Crippen LogP contribution is -2.51. The number of fused-ring (bicyclic) bond motifs is 1. The van der Waals surface area contributed by atoms with Crippen LogP contribution in [0.5, 0.6) is 5.75 Å². The Morgan fingerprint density at radius 3 is 2.35 bits per heavy atom. The van der Waals surface area contributed by atoms with E-state index in [1.165, 1.54) is 24.3 Å². The van der Waals surface area contributed by atoms with Crippen LogP contribution in [0, 0.1) is 0 Å². The van der Waals surface area contributed by atoms with Gasteiger partial charge in [0.05, 0.1) is 0 Å². The lowest BCUT2D eigenvalue weighted by molar-refractivity contribution is -0.274. The summed E-state index contributed by atoms with van der Waals surface area (Å²) in [4.78, 5) is 14.8. The quantitative estimate of drug-likeness (QED) is 0.924. The zero-order chi connectivity index (χ0) is 16.5. The molecule has 3 rings (SSSR count). The van der Waals surface area contributed by atoms with Crippen LogP contribution in [-0.4, -0.2) is 35.8 Å². The number of carbonyl (C=O) groups is 1. The summed E-state index contributed by atoms with van der Waals surface area (Å²) in [6.07, 6.45) is -0.842. The molecule has 126 valence electrons. The van der Waals surface area contributed by atoms with Crippen LogP contribution in [0.15, 0.2) is 24.3 Å². The maximum absolute atomic E-state index is 12.6. The molecule has 7 heteroatoms. The highest BCUT2D eigenvalue weighted by Gasteiger charge is 2.49. The van der Waals surface area contributed by atoms with Crippen molar-refractivity contribution in [3.8, 4) is 5.75 Å². The molecule has 0 radical (unpaired) electrons. The Bertz CT molecular complexity index is 562. The second-order valence-electron chi connectivity index (χ2n) is 6.10. The van der Waals surface area contributed by atoms with Gasteiger partial charge in [0, 0.05) is 6.54 Å². The van der Waals surface area contributed by atoms with E-state index < -0.39 is 6.36 Å². The number of nitrogens with zero attached hydrogens (tertiary/aromatic N) is 1. The molecule has 1 aromatic rings. The third kappa shape index (κ3) is 3.44. The molecule has 2 heterocycles. The van der Waals surface area contributed by atoms with Crippen LogP contribution in [0.25, 0.3) is 0 Å². The van der Waals surface area contributed by atoms with Gasteiger partial charge in [-0.15, -0.1) is 13.2 Å². The van der Waals surface area contributed by atoms with Gasteiger partial charge in [-0.1, -0.05) is 12.1 Å². The van der Waals surface area contributed by atoms with Gasteiger partial charge in [-0.25, -0.2) is 0 Å². The standard InChI is InChI=1S/C16H19F3N2O2/c17-16(18,19)23-13-5-3-12(4-6-13)11-20-14(22)15-7-1-9-21(15)10-2-8-15/h3-6H,1-2,7-11H2,(H,20,22). The fourth-order valence-electron chi connectivity index (χ4n) is 3.63. The normalized spacial score (nSPS) is 20.3. The molecule has 23 heavy (non-hydrogen) atoms. The lowest BCUT2D eigenvalue weighted by Gasteiger charge is -2.30. The van der Waals surface area contributed by atoms with E-state index in [2.05, 4.69) is 15.0 Å². The topological polar surface area (TPSA) is 41.6 Å². The molecular formula is C16H19F3N2O2. The molecule has 0 aliphatic carbocycles. The summed E-state index contributed by atoms with van der Waals surface area (Å²) in [5.74, 6) is -0.230. The molecule has 4 nitrogen and oxygen atoms in total. The van der Waals surface area contributed by atoms with Crippen molar-refractivity contribution in [3.63, 3.8) is 0 Å². The van der Waals surface area contributed by atoms with Crippen molar-refractivity contribution < 1.29 is 22.7 Å². The van der Waals surface area contributed by atoms with Gasteiger partial charge in [0.15, 0.2) is 0 Å². The van der Waals surface area contributed by atoms with E-state index in [1.54, 1.807) is 0 Å². The van der Waals surface area contributed by atoms with Crippen molar-refractivity contribution in [2.24, 2.45) is 0 Å². The maximum atomic E-state index is 12.6. The number of ether oxygens (including phenoxy) is 1. The van der Waals surface area contributed by atoms with Gasteiger partial charge in [0.1, 0.15) is 11.3 Å². The fourth-order valence-corrected chi connectivity index (χ4v) is 3.63. The molecule has 2 aliphatic rings. The van der Waals surface area contributed by atoms with Crippen molar-refractivity contribution in [1.29, 1.82) is 0 Å². The first-order valence-corrected chi connectivity index (χ1v) is 7.77. The van der Waals surface area contributed by atoms with Gasteiger partial charge in [-0.3, -0.25) is 9.69 Å². The fraction of sp³-hybridized carbons (Fsp3) is 0.562. The van der Waals surface area contributed by atoms with Crippen LogP contribution < -0.4 is 10.1 Å². The number of nitrogens with one attached hydrogen (secondary N) is 1. The van der Waals surface area contributed by atoms with Gasteiger partial charge >= 0.3 is 6.36 Å². The van der Waals surface area contributed by atoms with E-state index in [1.807, 2.05) is 0 Å². The first-order valence-electron chi connectivity index (χ1n) is 7.77. The predicted molar refractivity (Wildman–Crippen MR) is 77.7 cm³/mol. The van der Waals surface area contributed by atoms with Crippen LogP contribution in [0.1, 0.15) is 31.2 Å². The van der Waals surface area contributed by atoms with Crippen LogP contribution in [0.4, 0.5) is 13.2 Å². The Labute approximate surface area is 132 Å². The van der Waals surface area contributed by atoms with Crippen molar-refractivity contribution in [2.75, 3.05) is 13.1 Å². The van der Waals surface area contributed by atoms with Gasteiger partial charge < -0.3 is 10.1 Å². The van der Waals surface area contributed by atoms with Crippen LogP contribution >= 0.6 is 0 Å². The summed E-state index contributed by atoms with van der Waals surface area (Å²) in [6, 6.07) is 5.57. The monoisotopic (exact) mass is 328 g/mol. The first kappa shape index (κ1) is 16.1. The summed E-state index contributed by atoms with van der Waals surface area (Å²) in [5.41, 5.74) is 0.381. The number of halogens is 3. The Hall–Kier alpha value is -1.76. The number of hydrogen-bond acceptors (Lipinski definition) is 3. The van der Waals surface area contributed by atoms with Gasteiger partial charge in [0.2, 0.25) is 5.91 Å². The minimum atomic E-state index is -4.69. The molecule has 0 unspecified atom stereocenters. The van der Waals surface area contributed by atoms with Crippen molar-refractivity contribution in [2.45, 2.75) is 44.1 Å². The van der Waals surface area contributed by atoms with Gasteiger partial charge in [-0.05, 0) is 56.5 Å². The van der Waals surface area contributed by atoms with Crippen LogP contribution in [0.2, 0.25) is 0 Å². The number of carbonyl (C=O) groups excluding carboxylic acids is 1. The molecular weight excluding hydrogens is 309 g/mol. The predicted octanol–water partition coefficient (Wildman–Crippen LogP) is 2.83. The Balaban J connectivity index is 1.57. The molecule has 0 aromatic heterocycles. The maximum Gasteiger partial charge on any atom is 0.573 e. The second kappa shape index (κ2) is 6.03. The van der Waals surface area contributed by atoms with Gasteiger partial charge in [-0.2, -0.15) is 0 Å². The van der Waals surface area contributed by atoms with E-state index >= 15 is 0 Å². The van der Waals surface area contributed by atoms with Crippen molar-refractivity contribution >= 4 is 5.91 Å². The van der Waals surface area contributed by atoms with Crippen molar-refractivity contribution in [3.05, 3.63) is 29.8 Å². The molecule has 0 saturated carbocycles. The summed E-state index contributed by atoms with van der Waals surface area (Å²) in [5, 5.41) is 2.93. The highest BCUT2D eigenvalue weighted by atomic mass is 19.4. The zero-order valence-corrected chi connectivity index (χ0v) is 12.7. The number of hydrogen-bond donors (Lipinski definition) is 1. The van der Waals surface area contributed by atoms with E-state index in [4.69, 9.17) is 0 Å². The minimum Gasteiger partial charge on any atom is -0.406 e. The number of amides is 1. The highest BCUT2D eigenvalue weighted by Crippen LogP contribution is 2.38. The SMILES string of the molecule is O=C(NCc1ccc(OC(F)(F)F)cc1)C12CCCN1CCC2. The zero-order valence-electron chi connectivity index (χ0n) is 12.7. The Kier molecular flexibility index (Phi) is 4.23. The van der Waals surface area contributed by atoms with E-state index in [0.717, 1.165) is 44.3 Å². The third-order valence-corrected chi connectivity index (χ3v) is 4.67. The molecule has 2 fully saturated rings. The largest absolute Gasteiger partial charge is 0.573 e. The molecule has 2 aliphatic heterocycles. The van der Waals surface area contributed by atoms with Crippen LogP contribution in [0.3, 0.4) is 0 Å². The summed E-state index contributed by atoms with van der Waals surface area (Å²) >= 11 is 0. The molecule has 1 amide bonds. The molecule has 0 atom stereocenters. The van der Waals surface area contributed by atoms with E-state index in [9.17, 15) is 18.0 Å². The average molecular weight is 328 g/mol. The second-order valence-corrected chi connectivity index (χ2v) is 6.10. The number of rotatable bonds is 4. The summed E-state index contributed by atoms with van der Waals surface area (Å²) in [7, 11) is 0.